The fourth-order valence-corrected chi connectivity index (χ4v) is 1.21. The molecule has 0 saturated heterocycles. The summed E-state index contributed by atoms with van der Waals surface area (Å²) >= 11 is 0. The predicted molar refractivity (Wildman–Crippen MR) is 64.6 cm³/mol. The zero-order valence-electron chi connectivity index (χ0n) is 10.3. The van der Waals surface area contributed by atoms with E-state index in [0.29, 0.717) is 0 Å². The number of nitrogens with one attached hydrogen (secondary N) is 1. The van der Waals surface area contributed by atoms with Gasteiger partial charge in [-0.25, -0.2) is 4.98 Å². The monoisotopic (exact) mass is 207 g/mol. The van der Waals surface area contributed by atoms with Crippen LogP contribution >= 0.6 is 0 Å². The zero-order valence-corrected chi connectivity index (χ0v) is 10.3. The first-order chi connectivity index (χ1) is 6.88. The minimum Gasteiger partial charge on any atom is -0.334 e. The maximum absolute atomic E-state index is 4.08. The molecular formula is C12H21N3. The van der Waals surface area contributed by atoms with E-state index in [0.717, 1.165) is 12.2 Å². The van der Waals surface area contributed by atoms with Crippen LogP contribution in [0.25, 0.3) is 6.08 Å². The quantitative estimate of drug-likeness (QED) is 0.823. The van der Waals surface area contributed by atoms with Crippen LogP contribution in [-0.4, -0.2) is 21.6 Å². The van der Waals surface area contributed by atoms with Crippen molar-refractivity contribution in [2.75, 3.05) is 6.54 Å². The maximum atomic E-state index is 4.08. The van der Waals surface area contributed by atoms with Crippen molar-refractivity contribution in [3.63, 3.8) is 0 Å². The van der Waals surface area contributed by atoms with Crippen molar-refractivity contribution in [3.05, 3.63) is 23.8 Å². The molecule has 0 bridgehead atoms. The third-order valence-electron chi connectivity index (χ3n) is 2.15. The molecule has 1 heterocycles. The molecule has 0 spiro atoms. The summed E-state index contributed by atoms with van der Waals surface area (Å²) in [6.45, 7) is 9.56. The Bertz CT molecular complexity index is 342. The SMILES string of the molecule is CC(=Cc1cncn1C)CNC(C)(C)C. The molecular weight excluding hydrogens is 186 g/mol. The van der Waals surface area contributed by atoms with Crippen LogP contribution in [0.3, 0.4) is 0 Å². The summed E-state index contributed by atoms with van der Waals surface area (Å²) in [6.07, 6.45) is 5.85. The molecule has 1 N–H and O–H groups in total. The van der Waals surface area contributed by atoms with Crippen molar-refractivity contribution in [1.82, 2.24) is 14.9 Å². The minimum absolute atomic E-state index is 0.168. The molecule has 0 aromatic carbocycles. The highest BCUT2D eigenvalue weighted by Crippen LogP contribution is 2.06. The fraction of sp³-hybridized carbons (Fsp3) is 0.583. The highest BCUT2D eigenvalue weighted by Gasteiger charge is 2.07. The molecule has 0 amide bonds. The second-order valence-electron chi connectivity index (χ2n) is 5.02. The second-order valence-corrected chi connectivity index (χ2v) is 5.02. The molecule has 84 valence electrons. The topological polar surface area (TPSA) is 29.9 Å². The molecule has 1 rings (SSSR count). The number of rotatable bonds is 3. The van der Waals surface area contributed by atoms with E-state index >= 15 is 0 Å². The van der Waals surface area contributed by atoms with Crippen LogP contribution in [0.2, 0.25) is 0 Å². The van der Waals surface area contributed by atoms with Gasteiger partial charge in [-0.05, 0) is 33.8 Å². The molecule has 0 saturated carbocycles. The standard InChI is InChI=1S/C12H21N3/c1-10(7-14-12(2,3)4)6-11-8-13-9-15(11)5/h6,8-9,14H,7H2,1-5H3. The second kappa shape index (κ2) is 4.62. The Labute approximate surface area is 92.2 Å². The van der Waals surface area contributed by atoms with Crippen molar-refractivity contribution in [3.8, 4) is 0 Å². The van der Waals surface area contributed by atoms with Crippen LogP contribution in [0.4, 0.5) is 0 Å². The third kappa shape index (κ3) is 4.30. The lowest BCUT2D eigenvalue weighted by molar-refractivity contribution is 0.445. The number of nitrogens with zero attached hydrogens (tertiary/aromatic N) is 2. The molecule has 1 aromatic rings. The summed E-state index contributed by atoms with van der Waals surface area (Å²) < 4.78 is 2.01. The first-order valence-electron chi connectivity index (χ1n) is 5.27. The number of hydrogen-bond acceptors (Lipinski definition) is 2. The van der Waals surface area contributed by atoms with Crippen molar-refractivity contribution < 1.29 is 0 Å². The van der Waals surface area contributed by atoms with Crippen molar-refractivity contribution >= 4 is 6.08 Å². The van der Waals surface area contributed by atoms with Gasteiger partial charge >= 0.3 is 0 Å². The number of aromatic nitrogens is 2. The van der Waals surface area contributed by atoms with E-state index in [1.807, 2.05) is 24.1 Å². The van der Waals surface area contributed by atoms with Crippen molar-refractivity contribution in [1.29, 1.82) is 0 Å². The van der Waals surface area contributed by atoms with Gasteiger partial charge in [-0.15, -0.1) is 0 Å². The molecule has 0 aliphatic rings. The summed E-state index contributed by atoms with van der Waals surface area (Å²) in [7, 11) is 2.00. The van der Waals surface area contributed by atoms with Crippen LogP contribution < -0.4 is 5.32 Å². The average molecular weight is 207 g/mol. The largest absolute Gasteiger partial charge is 0.334 e. The Balaban J connectivity index is 2.58. The molecule has 0 unspecified atom stereocenters. The van der Waals surface area contributed by atoms with Gasteiger partial charge in [0.2, 0.25) is 0 Å². The molecule has 0 aliphatic heterocycles. The molecule has 0 radical (unpaired) electrons. The van der Waals surface area contributed by atoms with E-state index in [9.17, 15) is 0 Å². The number of imidazole rings is 1. The van der Waals surface area contributed by atoms with Gasteiger partial charge in [-0.2, -0.15) is 0 Å². The Hall–Kier alpha value is -1.09. The molecule has 15 heavy (non-hydrogen) atoms. The van der Waals surface area contributed by atoms with E-state index < -0.39 is 0 Å². The van der Waals surface area contributed by atoms with Gasteiger partial charge in [0, 0.05) is 19.1 Å². The van der Waals surface area contributed by atoms with Crippen molar-refractivity contribution in [2.24, 2.45) is 7.05 Å². The summed E-state index contributed by atoms with van der Waals surface area (Å²) in [4.78, 5) is 4.08. The van der Waals surface area contributed by atoms with E-state index in [1.54, 1.807) is 0 Å². The van der Waals surface area contributed by atoms with E-state index in [-0.39, 0.29) is 5.54 Å². The van der Waals surface area contributed by atoms with Gasteiger partial charge < -0.3 is 9.88 Å². The Morgan fingerprint density at radius 3 is 2.67 bits per heavy atom. The van der Waals surface area contributed by atoms with E-state index in [4.69, 9.17) is 0 Å². The average Bonchev–Trinajstić information content (AvgIpc) is 2.47. The van der Waals surface area contributed by atoms with Crippen LogP contribution in [0.5, 0.6) is 0 Å². The van der Waals surface area contributed by atoms with Crippen molar-refractivity contribution in [2.45, 2.75) is 33.2 Å². The molecule has 0 atom stereocenters. The molecule has 3 heteroatoms. The lowest BCUT2D eigenvalue weighted by Crippen LogP contribution is -2.36. The first kappa shape index (κ1) is 12.0. The fourth-order valence-electron chi connectivity index (χ4n) is 1.21. The highest BCUT2D eigenvalue weighted by molar-refractivity contribution is 5.48. The number of hydrogen-bond donors (Lipinski definition) is 1. The third-order valence-corrected chi connectivity index (χ3v) is 2.15. The lowest BCUT2D eigenvalue weighted by atomic mass is 10.1. The lowest BCUT2D eigenvalue weighted by Gasteiger charge is -2.20. The van der Waals surface area contributed by atoms with Gasteiger partial charge in [0.05, 0.1) is 18.2 Å². The summed E-state index contributed by atoms with van der Waals surface area (Å²) in [6, 6.07) is 0. The first-order valence-corrected chi connectivity index (χ1v) is 5.27. The minimum atomic E-state index is 0.168. The van der Waals surface area contributed by atoms with Gasteiger partial charge in [0.25, 0.3) is 0 Å². The smallest absolute Gasteiger partial charge is 0.0948 e. The molecule has 1 aromatic heterocycles. The highest BCUT2D eigenvalue weighted by atomic mass is 15.0. The van der Waals surface area contributed by atoms with Gasteiger partial charge in [0.1, 0.15) is 0 Å². The van der Waals surface area contributed by atoms with Gasteiger partial charge in [0.15, 0.2) is 0 Å². The molecule has 3 nitrogen and oxygen atoms in total. The summed E-state index contributed by atoms with van der Waals surface area (Å²) in [5.74, 6) is 0. The molecule has 0 fully saturated rings. The Morgan fingerprint density at radius 2 is 2.20 bits per heavy atom. The van der Waals surface area contributed by atoms with Crippen LogP contribution in [0.1, 0.15) is 33.4 Å². The van der Waals surface area contributed by atoms with E-state index in [1.165, 1.54) is 5.57 Å². The van der Waals surface area contributed by atoms with Crippen LogP contribution in [0, 0.1) is 0 Å². The number of aryl methyl sites for hydroxylation is 1. The zero-order chi connectivity index (χ0) is 11.5. The summed E-state index contributed by atoms with van der Waals surface area (Å²) in [5.41, 5.74) is 2.62. The predicted octanol–water partition coefficient (Wildman–Crippen LogP) is 2.21. The Kier molecular flexibility index (Phi) is 3.69. The van der Waals surface area contributed by atoms with Crippen LogP contribution in [-0.2, 0) is 7.05 Å². The van der Waals surface area contributed by atoms with Crippen LogP contribution in [0.15, 0.2) is 18.1 Å². The van der Waals surface area contributed by atoms with Gasteiger partial charge in [-0.3, -0.25) is 0 Å². The maximum Gasteiger partial charge on any atom is 0.0948 e. The normalized spacial score (nSPS) is 13.3. The Morgan fingerprint density at radius 1 is 1.53 bits per heavy atom. The summed E-state index contributed by atoms with van der Waals surface area (Å²) in [5, 5.41) is 3.46. The van der Waals surface area contributed by atoms with Gasteiger partial charge in [-0.1, -0.05) is 5.57 Å². The molecule has 0 aliphatic carbocycles. The van der Waals surface area contributed by atoms with E-state index in [2.05, 4.69) is 44.1 Å².